The Kier molecular flexibility index (Phi) is 5.57. The van der Waals surface area contributed by atoms with Gasteiger partial charge in [-0.25, -0.2) is 27.5 Å². The van der Waals surface area contributed by atoms with Crippen LogP contribution in [0.25, 0.3) is 22.4 Å². The van der Waals surface area contributed by atoms with Crippen LogP contribution in [0.1, 0.15) is 26.5 Å². The summed E-state index contributed by atoms with van der Waals surface area (Å²) in [4.78, 5) is 7.93. The van der Waals surface area contributed by atoms with Gasteiger partial charge in [0, 0.05) is 16.7 Å². The fourth-order valence-corrected chi connectivity index (χ4v) is 4.60. The Labute approximate surface area is 174 Å². The number of sulfonamides is 1. The molecule has 3 N–H and O–H groups in total. The summed E-state index contributed by atoms with van der Waals surface area (Å²) in [5.74, 6) is -0.614. The van der Waals surface area contributed by atoms with Gasteiger partial charge in [-0.05, 0) is 44.5 Å². The van der Waals surface area contributed by atoms with Crippen molar-refractivity contribution < 1.29 is 12.8 Å². The zero-order valence-corrected chi connectivity index (χ0v) is 17.5. The van der Waals surface area contributed by atoms with Crippen molar-refractivity contribution in [1.82, 2.24) is 14.7 Å². The average Bonchev–Trinajstić information content (AvgIpc) is 2.66. The van der Waals surface area contributed by atoms with Crippen molar-refractivity contribution in [3.63, 3.8) is 0 Å². The Balaban J connectivity index is 2.11. The van der Waals surface area contributed by atoms with E-state index in [4.69, 9.17) is 5.73 Å². The third-order valence-corrected chi connectivity index (χ3v) is 5.87. The zero-order chi connectivity index (χ0) is 22.1. The molecule has 1 heterocycles. The van der Waals surface area contributed by atoms with Crippen molar-refractivity contribution in [2.75, 3.05) is 5.73 Å². The van der Waals surface area contributed by atoms with Gasteiger partial charge in [-0.3, -0.25) is 0 Å². The molecular weight excluding hydrogens is 405 g/mol. The van der Waals surface area contributed by atoms with Crippen molar-refractivity contribution in [1.29, 1.82) is 5.26 Å². The van der Waals surface area contributed by atoms with E-state index < -0.39 is 21.4 Å². The molecule has 0 aliphatic heterocycles. The number of hydrogen-bond donors (Lipinski definition) is 2. The van der Waals surface area contributed by atoms with Crippen LogP contribution in [-0.4, -0.2) is 23.9 Å². The van der Waals surface area contributed by atoms with E-state index in [9.17, 15) is 18.1 Å². The number of nitriles is 1. The van der Waals surface area contributed by atoms with Crippen LogP contribution in [0.5, 0.6) is 0 Å². The summed E-state index contributed by atoms with van der Waals surface area (Å²) in [7, 11) is -3.84. The number of nitrogens with two attached hydrogens (primary N) is 1. The highest BCUT2D eigenvalue weighted by molar-refractivity contribution is 7.89. The van der Waals surface area contributed by atoms with E-state index in [0.717, 1.165) is 0 Å². The number of halogens is 1. The van der Waals surface area contributed by atoms with E-state index in [2.05, 4.69) is 14.7 Å². The van der Waals surface area contributed by atoms with Gasteiger partial charge in [-0.15, -0.1) is 0 Å². The van der Waals surface area contributed by atoms with Crippen molar-refractivity contribution in [3.05, 3.63) is 60.2 Å². The number of nitrogens with zero attached hydrogens (tertiary/aromatic N) is 3. The van der Waals surface area contributed by atoms with Gasteiger partial charge in [-0.1, -0.05) is 24.3 Å². The normalized spacial score (nSPS) is 11.8. The van der Waals surface area contributed by atoms with E-state index in [-0.39, 0.29) is 27.7 Å². The zero-order valence-electron chi connectivity index (χ0n) is 16.6. The molecule has 0 saturated heterocycles. The van der Waals surface area contributed by atoms with Gasteiger partial charge in [0.05, 0.1) is 11.1 Å². The maximum Gasteiger partial charge on any atom is 0.241 e. The van der Waals surface area contributed by atoms with E-state index in [1.807, 2.05) is 6.07 Å². The number of anilines is 1. The van der Waals surface area contributed by atoms with Crippen LogP contribution in [0.15, 0.2) is 53.6 Å². The summed E-state index contributed by atoms with van der Waals surface area (Å²) in [5.41, 5.74) is 5.61. The molecule has 0 spiro atoms. The first-order valence-corrected chi connectivity index (χ1v) is 10.5. The third-order valence-electron chi connectivity index (χ3n) is 4.05. The monoisotopic (exact) mass is 425 g/mol. The Morgan fingerprint density at radius 2 is 1.83 bits per heavy atom. The van der Waals surface area contributed by atoms with E-state index in [1.54, 1.807) is 45.0 Å². The topological polar surface area (TPSA) is 122 Å². The van der Waals surface area contributed by atoms with Crippen LogP contribution >= 0.6 is 0 Å². The van der Waals surface area contributed by atoms with Crippen LogP contribution in [-0.2, 0) is 10.0 Å². The summed E-state index contributed by atoms with van der Waals surface area (Å²) >= 11 is 0. The first-order valence-electron chi connectivity index (χ1n) is 8.98. The maximum absolute atomic E-state index is 15.0. The summed E-state index contributed by atoms with van der Waals surface area (Å²) in [5, 5.41) is 9.24. The van der Waals surface area contributed by atoms with Crippen molar-refractivity contribution in [3.8, 4) is 28.5 Å². The van der Waals surface area contributed by atoms with Crippen LogP contribution in [0.4, 0.5) is 10.2 Å². The summed E-state index contributed by atoms with van der Waals surface area (Å²) in [6.45, 7) is 5.21. The maximum atomic E-state index is 15.0. The SMILES string of the molecule is CC(C)(C)NS(=O)(=O)c1ccccc1-c1ccc(-c2ncc(N)nc2C#N)c(F)c1. The molecule has 3 rings (SSSR count). The number of hydrogen-bond acceptors (Lipinski definition) is 6. The standard InChI is InChI=1S/C21H20FN5O2S/c1-21(2,3)27-30(28,29)18-7-5-4-6-14(18)13-8-9-15(16(22)10-13)20-17(11-23)26-19(24)12-25-20/h4-10,12,27H,1-3H3,(H2,24,26). The summed E-state index contributed by atoms with van der Waals surface area (Å²) in [6.07, 6.45) is 1.24. The van der Waals surface area contributed by atoms with Crippen molar-refractivity contribution >= 4 is 15.8 Å². The van der Waals surface area contributed by atoms with Crippen LogP contribution in [0, 0.1) is 17.1 Å². The van der Waals surface area contributed by atoms with Crippen LogP contribution < -0.4 is 10.5 Å². The molecule has 30 heavy (non-hydrogen) atoms. The highest BCUT2D eigenvalue weighted by Crippen LogP contribution is 2.32. The third kappa shape index (κ3) is 4.45. The lowest BCUT2D eigenvalue weighted by Gasteiger charge is -2.21. The lowest BCUT2D eigenvalue weighted by Crippen LogP contribution is -2.40. The predicted molar refractivity (Wildman–Crippen MR) is 112 cm³/mol. The molecule has 7 nitrogen and oxygen atoms in total. The van der Waals surface area contributed by atoms with Crippen molar-refractivity contribution in [2.45, 2.75) is 31.2 Å². The second-order valence-electron chi connectivity index (χ2n) is 7.65. The van der Waals surface area contributed by atoms with Gasteiger partial charge in [-0.2, -0.15) is 5.26 Å². The Bertz CT molecular complexity index is 1260. The number of benzene rings is 2. The van der Waals surface area contributed by atoms with Gasteiger partial charge < -0.3 is 5.73 Å². The fourth-order valence-electron chi connectivity index (χ4n) is 2.95. The molecule has 0 bridgehead atoms. The average molecular weight is 425 g/mol. The minimum absolute atomic E-state index is 0.0389. The lowest BCUT2D eigenvalue weighted by atomic mass is 10.0. The molecule has 0 radical (unpaired) electrons. The van der Waals surface area contributed by atoms with E-state index in [1.165, 1.54) is 24.4 Å². The fraction of sp³-hybridized carbons (Fsp3) is 0.190. The molecule has 2 aromatic carbocycles. The molecule has 0 fully saturated rings. The van der Waals surface area contributed by atoms with Crippen molar-refractivity contribution in [2.24, 2.45) is 0 Å². The number of nitrogens with one attached hydrogen (secondary N) is 1. The predicted octanol–water partition coefficient (Wildman–Crippen LogP) is 3.48. The minimum Gasteiger partial charge on any atom is -0.382 e. The molecule has 0 atom stereocenters. The van der Waals surface area contributed by atoms with E-state index >= 15 is 0 Å². The Morgan fingerprint density at radius 3 is 2.47 bits per heavy atom. The van der Waals surface area contributed by atoms with Gasteiger partial charge in [0.1, 0.15) is 23.4 Å². The lowest BCUT2D eigenvalue weighted by molar-refractivity contribution is 0.491. The second-order valence-corrected chi connectivity index (χ2v) is 9.30. The summed E-state index contributed by atoms with van der Waals surface area (Å²) in [6, 6.07) is 12.4. The molecule has 0 unspecified atom stereocenters. The second kappa shape index (κ2) is 7.82. The van der Waals surface area contributed by atoms with Gasteiger partial charge in [0.25, 0.3) is 0 Å². The molecule has 0 saturated carbocycles. The molecule has 0 aliphatic carbocycles. The highest BCUT2D eigenvalue weighted by Gasteiger charge is 2.25. The number of nitrogen functional groups attached to an aromatic ring is 1. The molecule has 0 amide bonds. The first-order chi connectivity index (χ1) is 14.0. The molecule has 0 aliphatic rings. The highest BCUT2D eigenvalue weighted by atomic mass is 32.2. The minimum atomic E-state index is -3.84. The molecule has 9 heteroatoms. The largest absolute Gasteiger partial charge is 0.382 e. The Morgan fingerprint density at radius 1 is 1.13 bits per heavy atom. The smallest absolute Gasteiger partial charge is 0.241 e. The molecule has 1 aromatic heterocycles. The van der Waals surface area contributed by atoms with Gasteiger partial charge in [0.2, 0.25) is 10.0 Å². The summed E-state index contributed by atoms with van der Waals surface area (Å²) < 4.78 is 43.3. The Hall–Kier alpha value is -3.35. The molecule has 3 aromatic rings. The van der Waals surface area contributed by atoms with Gasteiger partial charge in [0.15, 0.2) is 5.69 Å². The molecular formula is C21H20FN5O2S. The number of rotatable bonds is 4. The first kappa shape index (κ1) is 21.4. The molecule has 154 valence electrons. The van der Waals surface area contributed by atoms with E-state index in [0.29, 0.717) is 11.1 Å². The van der Waals surface area contributed by atoms with Crippen LogP contribution in [0.3, 0.4) is 0 Å². The van der Waals surface area contributed by atoms with Crippen LogP contribution in [0.2, 0.25) is 0 Å². The quantitative estimate of drug-likeness (QED) is 0.660. The van der Waals surface area contributed by atoms with Gasteiger partial charge >= 0.3 is 0 Å². The number of aromatic nitrogens is 2.